The summed E-state index contributed by atoms with van der Waals surface area (Å²) in [5, 5.41) is 0. The highest BCUT2D eigenvalue weighted by molar-refractivity contribution is 7.91. The lowest BCUT2D eigenvalue weighted by Gasteiger charge is -2.34. The molecule has 33 heavy (non-hydrogen) atoms. The highest BCUT2D eigenvalue weighted by atomic mass is 32.2. The summed E-state index contributed by atoms with van der Waals surface area (Å²) in [6.07, 6.45) is 2.07. The van der Waals surface area contributed by atoms with Crippen LogP contribution in [0.2, 0.25) is 0 Å². The van der Waals surface area contributed by atoms with Crippen molar-refractivity contribution >= 4 is 27.3 Å². The third-order valence-electron chi connectivity index (χ3n) is 6.20. The van der Waals surface area contributed by atoms with Gasteiger partial charge in [0.25, 0.3) is 10.0 Å². The van der Waals surface area contributed by atoms with Crippen molar-refractivity contribution in [2.75, 3.05) is 53.5 Å². The zero-order chi connectivity index (χ0) is 23.4. The Hall–Kier alpha value is -2.14. The Morgan fingerprint density at radius 3 is 2.30 bits per heavy atom. The smallest absolute Gasteiger partial charge is 0.252 e. The zero-order valence-electron chi connectivity index (χ0n) is 19.2. The fourth-order valence-electron chi connectivity index (χ4n) is 4.30. The summed E-state index contributed by atoms with van der Waals surface area (Å²) in [5.41, 5.74) is 1.14. The second-order valence-electron chi connectivity index (χ2n) is 8.35. The number of sulfonamides is 1. The van der Waals surface area contributed by atoms with Gasteiger partial charge in [-0.05, 0) is 42.7 Å². The molecule has 0 unspecified atom stereocenters. The molecule has 4 rings (SSSR count). The van der Waals surface area contributed by atoms with Crippen molar-refractivity contribution in [3.8, 4) is 11.5 Å². The van der Waals surface area contributed by atoms with Gasteiger partial charge in [0, 0.05) is 50.7 Å². The molecule has 2 fully saturated rings. The second kappa shape index (κ2) is 10.4. The Balaban J connectivity index is 1.29. The van der Waals surface area contributed by atoms with E-state index in [1.165, 1.54) is 11.3 Å². The van der Waals surface area contributed by atoms with E-state index in [1.807, 2.05) is 23.1 Å². The number of methoxy groups -OCH3 is 2. The van der Waals surface area contributed by atoms with Crippen LogP contribution in [0.4, 0.5) is 0 Å². The summed E-state index contributed by atoms with van der Waals surface area (Å²) in [4.78, 5) is 17.8. The normalized spacial score (nSPS) is 17.9. The first-order chi connectivity index (χ1) is 15.9. The van der Waals surface area contributed by atoms with Crippen LogP contribution in [0.1, 0.15) is 23.3 Å². The number of carbonyl (C=O) groups is 1. The van der Waals surface area contributed by atoms with Crippen molar-refractivity contribution < 1.29 is 22.7 Å². The molecule has 2 aromatic rings. The number of nitrogens with zero attached hydrogens (tertiary/aromatic N) is 3. The average Bonchev–Trinajstić information content (AvgIpc) is 3.53. The average molecular weight is 494 g/mol. The molecule has 1 aromatic heterocycles. The van der Waals surface area contributed by atoms with Crippen LogP contribution in [0.3, 0.4) is 0 Å². The number of amides is 1. The number of carbonyl (C=O) groups excluding carboxylic acids is 1. The summed E-state index contributed by atoms with van der Waals surface area (Å²) in [6.45, 7) is 4.86. The molecule has 0 aliphatic carbocycles. The number of hydrogen-bond acceptors (Lipinski definition) is 7. The number of piperazine rings is 1. The minimum absolute atomic E-state index is 0.0488. The molecule has 3 heterocycles. The van der Waals surface area contributed by atoms with Gasteiger partial charge in [0.1, 0.15) is 4.21 Å². The first-order valence-corrected chi connectivity index (χ1v) is 13.5. The maximum absolute atomic E-state index is 12.8. The van der Waals surface area contributed by atoms with Gasteiger partial charge in [0.05, 0.1) is 20.6 Å². The summed E-state index contributed by atoms with van der Waals surface area (Å²) >= 11 is 1.22. The minimum Gasteiger partial charge on any atom is -0.493 e. The van der Waals surface area contributed by atoms with Crippen LogP contribution in [0.5, 0.6) is 11.5 Å². The topological polar surface area (TPSA) is 79.4 Å². The van der Waals surface area contributed by atoms with Crippen molar-refractivity contribution in [2.24, 2.45) is 0 Å². The van der Waals surface area contributed by atoms with E-state index in [0.717, 1.165) is 42.9 Å². The van der Waals surface area contributed by atoms with Gasteiger partial charge < -0.3 is 14.4 Å². The number of ether oxygens (including phenoxy) is 2. The van der Waals surface area contributed by atoms with Gasteiger partial charge >= 0.3 is 0 Å². The molecular weight excluding hydrogens is 462 g/mol. The van der Waals surface area contributed by atoms with Gasteiger partial charge in [-0.1, -0.05) is 6.07 Å². The van der Waals surface area contributed by atoms with Gasteiger partial charge in [-0.3, -0.25) is 9.69 Å². The largest absolute Gasteiger partial charge is 0.493 e. The van der Waals surface area contributed by atoms with Crippen molar-refractivity contribution in [3.05, 3.63) is 40.8 Å². The SMILES string of the molecule is COc1ccc(CN2CCN(C(=O)Cc3ccc(S(=O)(=O)N4CCCC4)s3)CC2)cc1OC. The molecule has 0 atom stereocenters. The molecule has 1 amide bonds. The third-order valence-corrected chi connectivity index (χ3v) is 9.65. The maximum Gasteiger partial charge on any atom is 0.252 e. The summed E-state index contributed by atoms with van der Waals surface area (Å²) in [5.74, 6) is 1.47. The Morgan fingerprint density at radius 2 is 1.64 bits per heavy atom. The molecule has 2 saturated heterocycles. The van der Waals surface area contributed by atoms with Crippen LogP contribution in [-0.2, 0) is 27.8 Å². The van der Waals surface area contributed by atoms with Crippen LogP contribution < -0.4 is 9.47 Å². The standard InChI is InChI=1S/C23H31N3O5S2/c1-30-20-7-5-18(15-21(20)31-2)17-24-11-13-25(14-12-24)22(27)16-19-6-8-23(32-19)33(28,29)26-9-3-4-10-26/h5-8,15H,3-4,9-14,16-17H2,1-2H3. The lowest BCUT2D eigenvalue weighted by atomic mass is 10.1. The maximum atomic E-state index is 12.8. The Morgan fingerprint density at radius 1 is 0.939 bits per heavy atom. The molecular formula is C23H31N3O5S2. The molecule has 0 bridgehead atoms. The number of benzene rings is 1. The van der Waals surface area contributed by atoms with E-state index in [0.29, 0.717) is 41.9 Å². The minimum atomic E-state index is -3.42. The van der Waals surface area contributed by atoms with E-state index in [9.17, 15) is 13.2 Å². The molecule has 0 radical (unpaired) electrons. The summed E-state index contributed by atoms with van der Waals surface area (Å²) in [7, 11) is -0.170. The lowest BCUT2D eigenvalue weighted by Crippen LogP contribution is -2.48. The van der Waals surface area contributed by atoms with Crippen LogP contribution in [-0.4, -0.2) is 81.9 Å². The fraction of sp³-hybridized carbons (Fsp3) is 0.522. The predicted molar refractivity (Wildman–Crippen MR) is 127 cm³/mol. The quantitative estimate of drug-likeness (QED) is 0.562. The molecule has 2 aliphatic heterocycles. The molecule has 8 nitrogen and oxygen atoms in total. The van der Waals surface area contributed by atoms with E-state index in [-0.39, 0.29) is 12.3 Å². The molecule has 0 saturated carbocycles. The van der Waals surface area contributed by atoms with E-state index in [4.69, 9.17) is 9.47 Å². The monoisotopic (exact) mass is 493 g/mol. The summed E-state index contributed by atoms with van der Waals surface area (Å²) in [6, 6.07) is 9.35. The number of thiophene rings is 1. The molecule has 0 N–H and O–H groups in total. The highest BCUT2D eigenvalue weighted by Gasteiger charge is 2.29. The lowest BCUT2D eigenvalue weighted by molar-refractivity contribution is -0.132. The van der Waals surface area contributed by atoms with Crippen molar-refractivity contribution in [3.63, 3.8) is 0 Å². The van der Waals surface area contributed by atoms with Gasteiger partial charge in [0.2, 0.25) is 5.91 Å². The van der Waals surface area contributed by atoms with Crippen LogP contribution in [0, 0.1) is 0 Å². The Labute approximate surface area is 199 Å². The molecule has 10 heteroatoms. The third kappa shape index (κ3) is 5.51. The zero-order valence-corrected chi connectivity index (χ0v) is 20.8. The Kier molecular flexibility index (Phi) is 7.58. The van der Waals surface area contributed by atoms with E-state index in [1.54, 1.807) is 30.7 Å². The van der Waals surface area contributed by atoms with Crippen molar-refractivity contribution in [1.29, 1.82) is 0 Å². The van der Waals surface area contributed by atoms with Gasteiger partial charge in [-0.25, -0.2) is 8.42 Å². The first-order valence-electron chi connectivity index (χ1n) is 11.2. The molecule has 180 valence electrons. The van der Waals surface area contributed by atoms with Crippen molar-refractivity contribution in [2.45, 2.75) is 30.0 Å². The van der Waals surface area contributed by atoms with Gasteiger partial charge in [0.15, 0.2) is 11.5 Å². The number of rotatable bonds is 8. The van der Waals surface area contributed by atoms with Gasteiger partial charge in [-0.2, -0.15) is 4.31 Å². The predicted octanol–water partition coefficient (Wildman–Crippen LogP) is 2.44. The fourth-order valence-corrected chi connectivity index (χ4v) is 7.32. The first kappa shape index (κ1) is 24.0. The highest BCUT2D eigenvalue weighted by Crippen LogP contribution is 2.29. The van der Waals surface area contributed by atoms with E-state index in [2.05, 4.69) is 4.90 Å². The molecule has 2 aliphatic rings. The van der Waals surface area contributed by atoms with Crippen molar-refractivity contribution in [1.82, 2.24) is 14.1 Å². The van der Waals surface area contributed by atoms with Gasteiger partial charge in [-0.15, -0.1) is 11.3 Å². The molecule has 1 aromatic carbocycles. The summed E-state index contributed by atoms with van der Waals surface area (Å²) < 4.78 is 38.0. The molecule has 0 spiro atoms. The number of hydrogen-bond donors (Lipinski definition) is 0. The van der Waals surface area contributed by atoms with Crippen LogP contribution in [0.15, 0.2) is 34.5 Å². The Bertz CT molecular complexity index is 1070. The van der Waals surface area contributed by atoms with E-state index >= 15 is 0 Å². The van der Waals surface area contributed by atoms with E-state index < -0.39 is 10.0 Å². The van der Waals surface area contributed by atoms with Crippen LogP contribution >= 0.6 is 11.3 Å². The second-order valence-corrected chi connectivity index (χ2v) is 11.7. The van der Waals surface area contributed by atoms with Crippen LogP contribution in [0.25, 0.3) is 0 Å².